The molecule has 6 aromatic rings. The number of benzene rings is 6. The number of rotatable bonds is 4. The molecule has 0 aliphatic heterocycles. The third-order valence-corrected chi connectivity index (χ3v) is 8.43. The maximum absolute atomic E-state index is 3.86. The van der Waals surface area contributed by atoms with Gasteiger partial charge in [0.15, 0.2) is 0 Å². The zero-order valence-corrected chi connectivity index (χ0v) is 22.6. The monoisotopic (exact) mass is 519 g/mol. The molecule has 1 unspecified atom stereocenters. The van der Waals surface area contributed by atoms with E-state index in [4.69, 9.17) is 0 Å². The van der Waals surface area contributed by atoms with Crippen molar-refractivity contribution in [2.45, 2.75) is 5.92 Å². The number of hydrogen-bond donors (Lipinski definition) is 0. The summed E-state index contributed by atoms with van der Waals surface area (Å²) in [6, 6.07) is 52.5. The predicted octanol–water partition coefficient (Wildman–Crippen LogP) is 8.07. The lowest BCUT2D eigenvalue weighted by atomic mass is 9.81. The van der Waals surface area contributed by atoms with Gasteiger partial charge >= 0.3 is 0 Å². The largest absolute Gasteiger partial charge is 0.0720 e. The fourth-order valence-corrected chi connectivity index (χ4v) is 6.65. The standard InChI is InChI=1S/C41H27/c1-4-13-28(14-5-1)34-22-12-20-31-23-24-37(40(31)34)41-36(26-25-35-33-21-11-10-19-32(33)27-38(35)41)39(29-15-6-2-7-16-29)30-17-8-3-9-18-30/h1-26,37H. The second-order valence-electron chi connectivity index (χ2n) is 10.7. The van der Waals surface area contributed by atoms with Crippen LogP contribution in [0.1, 0.15) is 39.3 Å². The molecule has 1 radical (unpaired) electrons. The fourth-order valence-electron chi connectivity index (χ4n) is 6.65. The van der Waals surface area contributed by atoms with Crippen LogP contribution >= 0.6 is 0 Å². The number of hydrogen-bond acceptors (Lipinski definition) is 0. The molecule has 0 heteroatoms. The normalized spacial score (nSPS) is 14.2. The van der Waals surface area contributed by atoms with Crippen LogP contribution in [0.4, 0.5) is 0 Å². The highest BCUT2D eigenvalue weighted by Gasteiger charge is 2.27. The summed E-state index contributed by atoms with van der Waals surface area (Å²) in [5.41, 5.74) is 11.4. The van der Waals surface area contributed by atoms with Crippen LogP contribution < -0.4 is 10.4 Å². The lowest BCUT2D eigenvalue weighted by Crippen LogP contribution is -2.20. The minimum absolute atomic E-state index is 0.0931. The lowest BCUT2D eigenvalue weighted by Gasteiger charge is -2.21. The minimum Gasteiger partial charge on any atom is -0.0720 e. The van der Waals surface area contributed by atoms with Gasteiger partial charge in [0.05, 0.1) is 0 Å². The maximum atomic E-state index is 3.86. The van der Waals surface area contributed by atoms with Gasteiger partial charge in [-0.05, 0) is 77.0 Å². The summed E-state index contributed by atoms with van der Waals surface area (Å²) in [5, 5.41) is 4.95. The molecule has 2 aliphatic carbocycles. The van der Waals surface area contributed by atoms with Gasteiger partial charge in [-0.3, -0.25) is 0 Å². The summed E-state index contributed by atoms with van der Waals surface area (Å²) >= 11 is 0. The molecule has 0 bridgehead atoms. The van der Waals surface area contributed by atoms with Crippen LogP contribution in [-0.2, 0) is 0 Å². The first kappa shape index (κ1) is 23.7. The van der Waals surface area contributed by atoms with Crippen LogP contribution in [0.25, 0.3) is 28.9 Å². The molecule has 0 heterocycles. The van der Waals surface area contributed by atoms with E-state index in [0.29, 0.717) is 0 Å². The Kier molecular flexibility index (Phi) is 5.64. The highest BCUT2D eigenvalue weighted by molar-refractivity contribution is 5.84. The van der Waals surface area contributed by atoms with Crippen LogP contribution in [0.3, 0.4) is 0 Å². The molecule has 41 heavy (non-hydrogen) atoms. The van der Waals surface area contributed by atoms with Gasteiger partial charge in [0.1, 0.15) is 0 Å². The molecule has 2 aliphatic rings. The first-order valence-electron chi connectivity index (χ1n) is 14.2. The van der Waals surface area contributed by atoms with Crippen molar-refractivity contribution < 1.29 is 0 Å². The summed E-state index contributed by atoms with van der Waals surface area (Å²) < 4.78 is 0. The van der Waals surface area contributed by atoms with Crippen molar-refractivity contribution in [2.24, 2.45) is 0 Å². The second-order valence-corrected chi connectivity index (χ2v) is 10.7. The fraction of sp³-hybridized carbons (Fsp3) is 0.0244. The van der Waals surface area contributed by atoms with Crippen molar-refractivity contribution in [3.8, 4) is 11.1 Å². The predicted molar refractivity (Wildman–Crippen MR) is 170 cm³/mol. The topological polar surface area (TPSA) is 0 Å². The van der Waals surface area contributed by atoms with E-state index < -0.39 is 0 Å². The zero-order valence-electron chi connectivity index (χ0n) is 22.6. The highest BCUT2D eigenvalue weighted by atomic mass is 14.3. The van der Waals surface area contributed by atoms with Gasteiger partial charge in [-0.15, -0.1) is 0 Å². The van der Waals surface area contributed by atoms with E-state index in [1.165, 1.54) is 71.0 Å². The average Bonchev–Trinajstić information content (AvgIpc) is 3.64. The molecule has 0 saturated heterocycles. The molecule has 0 amide bonds. The Hall–Kier alpha value is -5.20. The van der Waals surface area contributed by atoms with Crippen LogP contribution in [0.15, 0.2) is 152 Å². The second kappa shape index (κ2) is 9.77. The lowest BCUT2D eigenvalue weighted by molar-refractivity contribution is 1.03. The molecule has 0 spiro atoms. The van der Waals surface area contributed by atoms with Crippen molar-refractivity contribution in [2.75, 3.05) is 0 Å². The molecule has 0 aromatic heterocycles. The van der Waals surface area contributed by atoms with Crippen LogP contribution in [0.2, 0.25) is 0 Å². The number of fused-ring (bicyclic) bond motifs is 3. The van der Waals surface area contributed by atoms with E-state index in [0.717, 1.165) is 0 Å². The summed E-state index contributed by atoms with van der Waals surface area (Å²) in [4.78, 5) is 0. The Balaban J connectivity index is 1.53. The van der Waals surface area contributed by atoms with Crippen LogP contribution in [-0.4, -0.2) is 0 Å². The van der Waals surface area contributed by atoms with E-state index in [1.807, 2.05) is 0 Å². The van der Waals surface area contributed by atoms with Crippen molar-refractivity contribution in [3.05, 3.63) is 206 Å². The Morgan fingerprint density at radius 3 is 1.90 bits per heavy atom. The quantitative estimate of drug-likeness (QED) is 0.221. The third kappa shape index (κ3) is 3.91. The first-order valence-corrected chi connectivity index (χ1v) is 14.2. The van der Waals surface area contributed by atoms with Gasteiger partial charge in [-0.1, -0.05) is 158 Å². The average molecular weight is 520 g/mol. The summed E-state index contributed by atoms with van der Waals surface area (Å²) in [7, 11) is 0. The van der Waals surface area contributed by atoms with Crippen LogP contribution in [0, 0.1) is 10.4 Å². The van der Waals surface area contributed by atoms with Gasteiger partial charge in [-0.25, -0.2) is 0 Å². The Morgan fingerprint density at radius 2 is 1.17 bits per heavy atom. The Bertz CT molecular complexity index is 2130. The van der Waals surface area contributed by atoms with Gasteiger partial charge in [0.25, 0.3) is 0 Å². The molecule has 6 aromatic carbocycles. The Labute approximate surface area is 240 Å². The zero-order chi connectivity index (χ0) is 27.2. The van der Waals surface area contributed by atoms with E-state index in [2.05, 4.69) is 164 Å². The summed E-state index contributed by atoms with van der Waals surface area (Å²) in [6.45, 7) is 0. The summed E-state index contributed by atoms with van der Waals surface area (Å²) in [5.74, 6) is 0.0931. The van der Waals surface area contributed by atoms with Crippen LogP contribution in [0.5, 0.6) is 0 Å². The van der Waals surface area contributed by atoms with Crippen molar-refractivity contribution >= 4 is 17.7 Å². The smallest absolute Gasteiger partial charge is 0.0297 e. The molecule has 0 saturated carbocycles. The molecule has 0 nitrogen and oxygen atoms in total. The van der Waals surface area contributed by atoms with Gasteiger partial charge in [0.2, 0.25) is 0 Å². The molecule has 0 N–H and O–H groups in total. The van der Waals surface area contributed by atoms with E-state index in [9.17, 15) is 0 Å². The Morgan fingerprint density at radius 1 is 0.512 bits per heavy atom. The first-order chi connectivity index (χ1) is 20.4. The minimum atomic E-state index is 0.0931. The number of allylic oxidation sites excluding steroid dienone is 1. The molecule has 8 rings (SSSR count). The maximum Gasteiger partial charge on any atom is 0.0297 e. The SMILES string of the molecule is [C]1=c2ccccc2=c2ccc(=C(c3ccccc3)c3ccccc3)c(C3C=Cc4cccc(-c5ccccc5)c43)c21. The van der Waals surface area contributed by atoms with E-state index in [1.54, 1.807) is 0 Å². The van der Waals surface area contributed by atoms with Crippen molar-refractivity contribution in [3.63, 3.8) is 0 Å². The van der Waals surface area contributed by atoms with Crippen molar-refractivity contribution in [1.29, 1.82) is 0 Å². The molecular formula is C41H27. The summed E-state index contributed by atoms with van der Waals surface area (Å²) in [6.07, 6.45) is 8.57. The van der Waals surface area contributed by atoms with Gasteiger partial charge in [0, 0.05) is 5.92 Å². The third-order valence-electron chi connectivity index (χ3n) is 8.43. The highest BCUT2D eigenvalue weighted by Crippen LogP contribution is 2.42. The molecular weight excluding hydrogens is 492 g/mol. The van der Waals surface area contributed by atoms with Gasteiger partial charge < -0.3 is 0 Å². The molecule has 0 fully saturated rings. The molecule has 1 atom stereocenters. The van der Waals surface area contributed by atoms with E-state index in [-0.39, 0.29) is 5.92 Å². The van der Waals surface area contributed by atoms with Crippen molar-refractivity contribution in [1.82, 2.24) is 0 Å². The van der Waals surface area contributed by atoms with Gasteiger partial charge in [-0.2, -0.15) is 0 Å². The molecule has 191 valence electrons. The van der Waals surface area contributed by atoms with E-state index >= 15 is 0 Å².